The molecule has 0 saturated carbocycles. The van der Waals surface area contributed by atoms with Crippen LogP contribution in [0.15, 0.2) is 24.3 Å². The highest BCUT2D eigenvalue weighted by Crippen LogP contribution is 2.11. The normalized spacial score (nSPS) is 23.1. The number of amides is 1. The lowest BCUT2D eigenvalue weighted by Gasteiger charge is -2.21. The molecule has 1 saturated heterocycles. The van der Waals surface area contributed by atoms with E-state index >= 15 is 0 Å². The zero-order valence-electron chi connectivity index (χ0n) is 10.3. The summed E-state index contributed by atoms with van der Waals surface area (Å²) in [7, 11) is 1.71. The molecule has 1 aromatic carbocycles. The maximum atomic E-state index is 12.8. The van der Waals surface area contributed by atoms with Crippen molar-refractivity contribution in [3.8, 4) is 0 Å². The number of hydrogen-bond donors (Lipinski definition) is 2. The topological polar surface area (TPSA) is 52.6 Å². The molecule has 0 aromatic heterocycles. The number of β-amino-alcohol motifs (C(OH)–C–C–N with tert-alkyl or cyclic N) is 1. The van der Waals surface area contributed by atoms with Crippen molar-refractivity contribution in [1.82, 2.24) is 10.2 Å². The monoisotopic (exact) mass is 252 g/mol. The molecule has 98 valence electrons. The molecule has 18 heavy (non-hydrogen) atoms. The van der Waals surface area contributed by atoms with Gasteiger partial charge in [-0.2, -0.15) is 0 Å². The largest absolute Gasteiger partial charge is 0.392 e. The summed E-state index contributed by atoms with van der Waals surface area (Å²) in [5, 5.41) is 12.4. The summed E-state index contributed by atoms with van der Waals surface area (Å²) in [5.41, 5.74) is 0.880. The van der Waals surface area contributed by atoms with Crippen LogP contribution in [0.3, 0.4) is 0 Å². The third kappa shape index (κ3) is 3.05. The lowest BCUT2D eigenvalue weighted by Crippen LogP contribution is -2.41. The van der Waals surface area contributed by atoms with E-state index in [1.807, 2.05) is 0 Å². The zero-order chi connectivity index (χ0) is 13.1. The van der Waals surface area contributed by atoms with Crippen molar-refractivity contribution in [2.24, 2.45) is 0 Å². The Morgan fingerprint density at radius 3 is 2.72 bits per heavy atom. The van der Waals surface area contributed by atoms with Crippen LogP contribution in [-0.2, 0) is 11.3 Å². The second-order valence-corrected chi connectivity index (χ2v) is 4.67. The molecule has 2 rings (SSSR count). The molecule has 1 amide bonds. The fourth-order valence-electron chi connectivity index (χ4n) is 2.11. The molecule has 1 fully saturated rings. The Kier molecular flexibility index (Phi) is 3.93. The first kappa shape index (κ1) is 13.0. The summed E-state index contributed by atoms with van der Waals surface area (Å²) in [6, 6.07) is 5.77. The Balaban J connectivity index is 1.93. The highest BCUT2D eigenvalue weighted by atomic mass is 19.1. The van der Waals surface area contributed by atoms with Gasteiger partial charge in [0.15, 0.2) is 0 Å². The smallest absolute Gasteiger partial charge is 0.239 e. The number of halogens is 1. The van der Waals surface area contributed by atoms with E-state index < -0.39 is 6.10 Å². The van der Waals surface area contributed by atoms with Gasteiger partial charge in [-0.25, -0.2) is 4.39 Å². The van der Waals surface area contributed by atoms with Crippen LogP contribution in [0.5, 0.6) is 0 Å². The SMILES string of the molecule is CN(Cc1ccc(F)cc1)C(=O)[C@@H]1C[C@@H](O)CN1. The number of carbonyl (C=O) groups excluding carboxylic acids is 1. The molecule has 0 unspecified atom stereocenters. The minimum atomic E-state index is -0.446. The van der Waals surface area contributed by atoms with E-state index in [0.717, 1.165) is 5.56 Å². The van der Waals surface area contributed by atoms with Crippen molar-refractivity contribution >= 4 is 5.91 Å². The van der Waals surface area contributed by atoms with Crippen LogP contribution in [0.25, 0.3) is 0 Å². The maximum absolute atomic E-state index is 12.8. The predicted molar refractivity (Wildman–Crippen MR) is 65.3 cm³/mol. The van der Waals surface area contributed by atoms with Crippen molar-refractivity contribution in [2.75, 3.05) is 13.6 Å². The standard InChI is InChI=1S/C13H17FN2O2/c1-16(8-9-2-4-10(14)5-3-9)13(18)12-6-11(17)7-15-12/h2-5,11-12,15,17H,6-8H2,1H3/t11-,12+/m1/s1. The lowest BCUT2D eigenvalue weighted by molar-refractivity contribution is -0.132. The lowest BCUT2D eigenvalue weighted by atomic mass is 10.1. The first-order valence-corrected chi connectivity index (χ1v) is 5.97. The highest BCUT2D eigenvalue weighted by molar-refractivity contribution is 5.82. The zero-order valence-corrected chi connectivity index (χ0v) is 10.3. The summed E-state index contributed by atoms with van der Waals surface area (Å²) in [4.78, 5) is 13.6. The number of aliphatic hydroxyl groups excluding tert-OH is 1. The maximum Gasteiger partial charge on any atom is 0.239 e. The first-order valence-electron chi connectivity index (χ1n) is 5.97. The summed E-state index contributed by atoms with van der Waals surface area (Å²) < 4.78 is 12.8. The van der Waals surface area contributed by atoms with Gasteiger partial charge in [-0.1, -0.05) is 12.1 Å². The third-order valence-corrected chi connectivity index (χ3v) is 3.11. The Bertz CT molecular complexity index is 422. The van der Waals surface area contributed by atoms with Gasteiger partial charge in [-0.05, 0) is 24.1 Å². The number of aliphatic hydroxyl groups is 1. The molecular formula is C13H17FN2O2. The molecule has 1 heterocycles. The number of carbonyl (C=O) groups is 1. The molecule has 0 bridgehead atoms. The van der Waals surface area contributed by atoms with Gasteiger partial charge >= 0.3 is 0 Å². The van der Waals surface area contributed by atoms with Crippen molar-refractivity contribution in [3.63, 3.8) is 0 Å². The van der Waals surface area contributed by atoms with E-state index in [1.54, 1.807) is 24.1 Å². The Morgan fingerprint density at radius 1 is 1.50 bits per heavy atom. The van der Waals surface area contributed by atoms with Gasteiger partial charge in [-0.15, -0.1) is 0 Å². The number of nitrogens with one attached hydrogen (secondary N) is 1. The molecule has 0 aliphatic carbocycles. The second-order valence-electron chi connectivity index (χ2n) is 4.67. The van der Waals surface area contributed by atoms with E-state index in [9.17, 15) is 14.3 Å². The molecular weight excluding hydrogens is 235 g/mol. The highest BCUT2D eigenvalue weighted by Gasteiger charge is 2.29. The quantitative estimate of drug-likeness (QED) is 0.824. The Hall–Kier alpha value is -1.46. The van der Waals surface area contributed by atoms with E-state index in [1.165, 1.54) is 12.1 Å². The van der Waals surface area contributed by atoms with E-state index in [2.05, 4.69) is 5.32 Å². The van der Waals surface area contributed by atoms with Crippen LogP contribution in [0.2, 0.25) is 0 Å². The fourth-order valence-corrected chi connectivity index (χ4v) is 2.11. The van der Waals surface area contributed by atoms with Crippen molar-refractivity contribution in [1.29, 1.82) is 0 Å². The summed E-state index contributed by atoms with van der Waals surface area (Å²) >= 11 is 0. The van der Waals surface area contributed by atoms with Gasteiger partial charge in [0, 0.05) is 20.1 Å². The van der Waals surface area contributed by atoms with Gasteiger partial charge in [0.25, 0.3) is 0 Å². The number of rotatable bonds is 3. The molecule has 4 nitrogen and oxygen atoms in total. The van der Waals surface area contributed by atoms with Crippen LogP contribution < -0.4 is 5.32 Å². The average molecular weight is 252 g/mol. The van der Waals surface area contributed by atoms with Crippen molar-refractivity contribution in [3.05, 3.63) is 35.6 Å². The Morgan fingerprint density at radius 2 is 2.17 bits per heavy atom. The molecule has 2 N–H and O–H groups in total. The van der Waals surface area contributed by atoms with E-state index in [0.29, 0.717) is 19.5 Å². The van der Waals surface area contributed by atoms with Gasteiger partial charge in [-0.3, -0.25) is 4.79 Å². The van der Waals surface area contributed by atoms with Crippen LogP contribution in [0.1, 0.15) is 12.0 Å². The fraction of sp³-hybridized carbons (Fsp3) is 0.462. The van der Waals surface area contributed by atoms with Gasteiger partial charge in [0.1, 0.15) is 5.82 Å². The van der Waals surface area contributed by atoms with Gasteiger partial charge < -0.3 is 15.3 Å². The van der Waals surface area contributed by atoms with Crippen LogP contribution in [-0.4, -0.2) is 41.7 Å². The van der Waals surface area contributed by atoms with E-state index in [-0.39, 0.29) is 17.8 Å². The van der Waals surface area contributed by atoms with Crippen LogP contribution in [0, 0.1) is 5.82 Å². The van der Waals surface area contributed by atoms with Gasteiger partial charge in [0.2, 0.25) is 5.91 Å². The number of likely N-dealkylation sites (N-methyl/N-ethyl adjacent to an activating group) is 1. The molecule has 0 radical (unpaired) electrons. The molecule has 0 spiro atoms. The molecule has 1 aromatic rings. The van der Waals surface area contributed by atoms with Crippen LogP contribution >= 0.6 is 0 Å². The number of nitrogens with zero attached hydrogens (tertiary/aromatic N) is 1. The summed E-state index contributed by atoms with van der Waals surface area (Å²) in [5.74, 6) is -0.329. The second kappa shape index (κ2) is 5.46. The minimum absolute atomic E-state index is 0.0455. The van der Waals surface area contributed by atoms with Crippen LogP contribution in [0.4, 0.5) is 4.39 Å². The van der Waals surface area contributed by atoms with Crippen molar-refractivity contribution < 1.29 is 14.3 Å². The van der Waals surface area contributed by atoms with E-state index in [4.69, 9.17) is 0 Å². The Labute approximate surface area is 105 Å². The molecule has 2 atom stereocenters. The third-order valence-electron chi connectivity index (χ3n) is 3.11. The average Bonchev–Trinajstić information content (AvgIpc) is 2.78. The number of benzene rings is 1. The number of hydrogen-bond acceptors (Lipinski definition) is 3. The molecule has 1 aliphatic rings. The summed E-state index contributed by atoms with van der Waals surface area (Å²) in [6.07, 6.45) is 0.00485. The van der Waals surface area contributed by atoms with Crippen molar-refractivity contribution in [2.45, 2.75) is 25.1 Å². The minimum Gasteiger partial charge on any atom is -0.392 e. The summed E-state index contributed by atoms with van der Waals surface area (Å²) in [6.45, 7) is 0.897. The molecule has 1 aliphatic heterocycles. The first-order chi connectivity index (χ1) is 8.56. The molecule has 5 heteroatoms. The predicted octanol–water partition coefficient (Wildman–Crippen LogP) is 0.507. The van der Waals surface area contributed by atoms with Gasteiger partial charge in [0.05, 0.1) is 12.1 Å².